The second-order valence-electron chi connectivity index (χ2n) is 9.09. The van der Waals surface area contributed by atoms with Crippen molar-refractivity contribution in [3.05, 3.63) is 100 Å². The zero-order valence-electron chi connectivity index (χ0n) is 20.6. The van der Waals surface area contributed by atoms with E-state index in [9.17, 15) is 14.0 Å². The number of carbonyl (C=O) groups is 1. The molecule has 1 aliphatic heterocycles. The number of amides is 1. The van der Waals surface area contributed by atoms with Crippen LogP contribution in [-0.2, 0) is 4.18 Å². The molecule has 5 rings (SSSR count). The lowest BCUT2D eigenvalue weighted by Crippen LogP contribution is -2.49. The minimum Gasteiger partial charge on any atom is -0.336 e. The summed E-state index contributed by atoms with van der Waals surface area (Å²) in [5.74, 6) is -0.542. The van der Waals surface area contributed by atoms with E-state index in [0.717, 1.165) is 35.7 Å². The van der Waals surface area contributed by atoms with Crippen molar-refractivity contribution < 1.29 is 13.4 Å². The molecule has 1 amide bonds. The van der Waals surface area contributed by atoms with Gasteiger partial charge in [-0.25, -0.2) is 4.39 Å². The molecule has 0 spiro atoms. The van der Waals surface area contributed by atoms with Crippen LogP contribution in [-0.4, -0.2) is 60.0 Å². The van der Waals surface area contributed by atoms with Crippen molar-refractivity contribution >= 4 is 28.7 Å². The van der Waals surface area contributed by atoms with Gasteiger partial charge in [-0.05, 0) is 59.8 Å². The van der Waals surface area contributed by atoms with Crippen LogP contribution >= 0.6 is 12.0 Å². The van der Waals surface area contributed by atoms with Gasteiger partial charge in [0.15, 0.2) is 0 Å². The number of aryl methyl sites for hydroxylation is 1. The van der Waals surface area contributed by atoms with Crippen molar-refractivity contribution in [3.63, 3.8) is 0 Å². The molecular formula is C29H28FN3O3S. The SMILES string of the molecule is Cc1ccc(F)c2c(=O)[nH]c(-c3ccc(C(=O)N4CCN(CCOSc5ccccc5)CC4)cc3)cc12. The van der Waals surface area contributed by atoms with Crippen LogP contribution in [0.1, 0.15) is 15.9 Å². The number of carbonyl (C=O) groups excluding carboxylic acids is 1. The summed E-state index contributed by atoms with van der Waals surface area (Å²) in [7, 11) is 0. The third-order valence-electron chi connectivity index (χ3n) is 6.67. The first-order valence-electron chi connectivity index (χ1n) is 12.3. The molecule has 2 heterocycles. The summed E-state index contributed by atoms with van der Waals surface area (Å²) in [6.45, 7) is 6.23. The maximum absolute atomic E-state index is 14.2. The van der Waals surface area contributed by atoms with E-state index in [2.05, 4.69) is 9.88 Å². The van der Waals surface area contributed by atoms with Crippen molar-refractivity contribution in [1.29, 1.82) is 0 Å². The molecule has 0 aliphatic carbocycles. The van der Waals surface area contributed by atoms with Crippen molar-refractivity contribution in [2.75, 3.05) is 39.3 Å². The van der Waals surface area contributed by atoms with E-state index < -0.39 is 11.4 Å². The summed E-state index contributed by atoms with van der Waals surface area (Å²) in [5.41, 5.74) is 2.32. The summed E-state index contributed by atoms with van der Waals surface area (Å²) < 4.78 is 19.9. The number of rotatable bonds is 7. The van der Waals surface area contributed by atoms with Crippen LogP contribution < -0.4 is 5.56 Å². The Morgan fingerprint density at radius 3 is 2.46 bits per heavy atom. The second kappa shape index (κ2) is 11.3. The molecule has 1 fully saturated rings. The molecule has 1 N–H and O–H groups in total. The highest BCUT2D eigenvalue weighted by Crippen LogP contribution is 2.24. The molecule has 4 aromatic rings. The number of hydrogen-bond acceptors (Lipinski definition) is 5. The Balaban J connectivity index is 1.17. The second-order valence-corrected chi connectivity index (χ2v) is 9.97. The van der Waals surface area contributed by atoms with E-state index in [1.165, 1.54) is 18.1 Å². The maximum Gasteiger partial charge on any atom is 0.259 e. The number of aromatic nitrogens is 1. The van der Waals surface area contributed by atoms with Gasteiger partial charge in [0.05, 0.1) is 12.0 Å². The minimum atomic E-state index is -0.534. The molecule has 0 unspecified atom stereocenters. The van der Waals surface area contributed by atoms with Crippen molar-refractivity contribution in [2.45, 2.75) is 11.8 Å². The molecule has 8 heteroatoms. The highest BCUT2D eigenvalue weighted by atomic mass is 32.2. The van der Waals surface area contributed by atoms with E-state index in [1.54, 1.807) is 24.3 Å². The Kier molecular flexibility index (Phi) is 7.69. The molecule has 6 nitrogen and oxygen atoms in total. The van der Waals surface area contributed by atoms with Gasteiger partial charge < -0.3 is 14.1 Å². The van der Waals surface area contributed by atoms with Crippen LogP contribution in [0, 0.1) is 12.7 Å². The number of benzene rings is 3. The van der Waals surface area contributed by atoms with Gasteiger partial charge in [-0.2, -0.15) is 0 Å². The quantitative estimate of drug-likeness (QED) is 0.272. The Labute approximate surface area is 219 Å². The first-order chi connectivity index (χ1) is 18.0. The molecule has 1 aliphatic rings. The Bertz CT molecular complexity index is 1450. The summed E-state index contributed by atoms with van der Waals surface area (Å²) in [6, 6.07) is 21.9. The summed E-state index contributed by atoms with van der Waals surface area (Å²) >= 11 is 1.39. The van der Waals surface area contributed by atoms with E-state index >= 15 is 0 Å². The average Bonchev–Trinajstić information content (AvgIpc) is 2.93. The topological polar surface area (TPSA) is 65.6 Å². The monoisotopic (exact) mass is 517 g/mol. The third-order valence-corrected chi connectivity index (χ3v) is 7.42. The van der Waals surface area contributed by atoms with Crippen LogP contribution in [0.3, 0.4) is 0 Å². The molecule has 0 saturated carbocycles. The third kappa shape index (κ3) is 5.77. The predicted molar refractivity (Wildman–Crippen MR) is 145 cm³/mol. The van der Waals surface area contributed by atoms with E-state index in [4.69, 9.17) is 4.18 Å². The summed E-state index contributed by atoms with van der Waals surface area (Å²) in [5, 5.41) is 0.650. The number of nitrogens with one attached hydrogen (secondary N) is 1. The van der Waals surface area contributed by atoms with Gasteiger partial charge in [-0.15, -0.1) is 0 Å². The lowest BCUT2D eigenvalue weighted by Gasteiger charge is -2.34. The van der Waals surface area contributed by atoms with Crippen molar-refractivity contribution in [3.8, 4) is 11.3 Å². The van der Waals surface area contributed by atoms with Crippen LogP contribution in [0.4, 0.5) is 4.39 Å². The fourth-order valence-electron chi connectivity index (χ4n) is 4.54. The number of piperazine rings is 1. The van der Waals surface area contributed by atoms with Crippen LogP contribution in [0.25, 0.3) is 22.0 Å². The first kappa shape index (κ1) is 25.2. The lowest BCUT2D eigenvalue weighted by molar-refractivity contribution is 0.0624. The van der Waals surface area contributed by atoms with Gasteiger partial charge in [0.25, 0.3) is 11.5 Å². The highest BCUT2D eigenvalue weighted by molar-refractivity contribution is 7.94. The zero-order chi connectivity index (χ0) is 25.8. The van der Waals surface area contributed by atoms with Gasteiger partial charge in [0.2, 0.25) is 0 Å². The van der Waals surface area contributed by atoms with Crippen molar-refractivity contribution in [1.82, 2.24) is 14.8 Å². The molecule has 0 atom stereocenters. The van der Waals surface area contributed by atoms with Gasteiger partial charge >= 0.3 is 0 Å². The van der Waals surface area contributed by atoms with Crippen LogP contribution in [0.15, 0.2) is 82.5 Å². The Morgan fingerprint density at radius 1 is 1.00 bits per heavy atom. The highest BCUT2D eigenvalue weighted by Gasteiger charge is 2.22. The first-order valence-corrected chi connectivity index (χ1v) is 13.0. The number of aromatic amines is 1. The molecular weight excluding hydrogens is 489 g/mol. The lowest BCUT2D eigenvalue weighted by atomic mass is 10.0. The number of pyridine rings is 1. The molecule has 1 saturated heterocycles. The molecule has 190 valence electrons. The van der Waals surface area contributed by atoms with E-state index in [-0.39, 0.29) is 11.3 Å². The molecule has 0 radical (unpaired) electrons. The van der Waals surface area contributed by atoms with Gasteiger partial charge in [-0.3, -0.25) is 14.5 Å². The van der Waals surface area contributed by atoms with Gasteiger partial charge in [0.1, 0.15) is 5.82 Å². The normalized spacial score (nSPS) is 14.3. The number of halogens is 1. The molecule has 1 aromatic heterocycles. The fourth-order valence-corrected chi connectivity index (χ4v) is 5.10. The number of nitrogens with zero attached hydrogens (tertiary/aromatic N) is 2. The average molecular weight is 518 g/mol. The Hall–Kier alpha value is -3.46. The van der Waals surface area contributed by atoms with E-state index in [0.29, 0.717) is 36.3 Å². The predicted octanol–water partition coefficient (Wildman–Crippen LogP) is 5.12. The van der Waals surface area contributed by atoms with Crippen molar-refractivity contribution in [2.24, 2.45) is 0 Å². The molecule has 3 aromatic carbocycles. The standard InChI is InChI=1S/C29H28FN3O3S/c1-20-7-12-25(30)27-24(20)19-26(31-28(27)34)21-8-10-22(11-9-21)29(35)33-15-13-32(14-16-33)17-18-36-37-23-5-3-2-4-6-23/h2-12,19H,13-18H2,1H3,(H,31,34). The van der Waals surface area contributed by atoms with Crippen LogP contribution in [0.5, 0.6) is 0 Å². The smallest absolute Gasteiger partial charge is 0.259 e. The number of fused-ring (bicyclic) bond motifs is 1. The number of H-pyrrole nitrogens is 1. The zero-order valence-corrected chi connectivity index (χ0v) is 21.4. The largest absolute Gasteiger partial charge is 0.336 e. The van der Waals surface area contributed by atoms with Gasteiger partial charge in [-0.1, -0.05) is 36.4 Å². The number of hydrogen-bond donors (Lipinski definition) is 1. The fraction of sp³-hybridized carbons (Fsp3) is 0.241. The van der Waals surface area contributed by atoms with Crippen LogP contribution in [0.2, 0.25) is 0 Å². The van der Waals surface area contributed by atoms with E-state index in [1.807, 2.05) is 54.3 Å². The minimum absolute atomic E-state index is 0.00740. The summed E-state index contributed by atoms with van der Waals surface area (Å²) in [4.78, 5) is 33.6. The molecule has 0 bridgehead atoms. The molecule has 37 heavy (non-hydrogen) atoms. The Morgan fingerprint density at radius 2 is 1.73 bits per heavy atom. The maximum atomic E-state index is 14.2. The van der Waals surface area contributed by atoms with Gasteiger partial charge in [0, 0.05) is 60.9 Å². The summed E-state index contributed by atoms with van der Waals surface area (Å²) in [6.07, 6.45) is 0.